The summed E-state index contributed by atoms with van der Waals surface area (Å²) >= 11 is 0. The SMILES string of the molecule is Cc1cc(C)c(OCC(O)CNc2cccc(C(F)(F)F)c2)c(C)c1. The summed E-state index contributed by atoms with van der Waals surface area (Å²) in [6, 6.07) is 8.87. The number of anilines is 1. The van der Waals surface area contributed by atoms with E-state index in [2.05, 4.69) is 5.32 Å². The molecular weight excluding hydrogens is 331 g/mol. The van der Waals surface area contributed by atoms with Gasteiger partial charge < -0.3 is 15.2 Å². The van der Waals surface area contributed by atoms with Crippen LogP contribution in [0.25, 0.3) is 0 Å². The van der Waals surface area contributed by atoms with E-state index < -0.39 is 17.8 Å². The molecule has 0 aliphatic carbocycles. The summed E-state index contributed by atoms with van der Waals surface area (Å²) in [5, 5.41) is 12.8. The molecule has 136 valence electrons. The van der Waals surface area contributed by atoms with Gasteiger partial charge in [-0.15, -0.1) is 0 Å². The van der Waals surface area contributed by atoms with Gasteiger partial charge in [0.25, 0.3) is 0 Å². The van der Waals surface area contributed by atoms with Gasteiger partial charge in [0.1, 0.15) is 18.5 Å². The van der Waals surface area contributed by atoms with Crippen LogP contribution in [0.15, 0.2) is 36.4 Å². The zero-order chi connectivity index (χ0) is 18.6. The molecule has 0 saturated heterocycles. The topological polar surface area (TPSA) is 41.5 Å². The van der Waals surface area contributed by atoms with Crippen LogP contribution in [-0.4, -0.2) is 24.4 Å². The van der Waals surface area contributed by atoms with Gasteiger partial charge in [0, 0.05) is 12.2 Å². The average molecular weight is 353 g/mol. The van der Waals surface area contributed by atoms with E-state index in [4.69, 9.17) is 4.74 Å². The van der Waals surface area contributed by atoms with Crippen molar-refractivity contribution in [2.75, 3.05) is 18.5 Å². The van der Waals surface area contributed by atoms with E-state index in [0.717, 1.165) is 34.6 Å². The Morgan fingerprint density at radius 1 is 1.08 bits per heavy atom. The summed E-state index contributed by atoms with van der Waals surface area (Å²) in [5.41, 5.74) is 2.67. The molecule has 0 radical (unpaired) electrons. The smallest absolute Gasteiger partial charge is 0.416 e. The van der Waals surface area contributed by atoms with Gasteiger partial charge in [-0.25, -0.2) is 0 Å². The second kappa shape index (κ2) is 7.78. The lowest BCUT2D eigenvalue weighted by Crippen LogP contribution is -2.26. The molecule has 0 aliphatic heterocycles. The van der Waals surface area contributed by atoms with Gasteiger partial charge >= 0.3 is 6.18 Å². The van der Waals surface area contributed by atoms with Crippen LogP contribution in [-0.2, 0) is 6.18 Å². The minimum Gasteiger partial charge on any atom is -0.490 e. The van der Waals surface area contributed by atoms with E-state index in [1.807, 2.05) is 32.9 Å². The van der Waals surface area contributed by atoms with Crippen LogP contribution in [0.1, 0.15) is 22.3 Å². The summed E-state index contributed by atoms with van der Waals surface area (Å²) in [6.45, 7) is 6.00. The zero-order valence-corrected chi connectivity index (χ0v) is 14.4. The lowest BCUT2D eigenvalue weighted by molar-refractivity contribution is -0.137. The maximum absolute atomic E-state index is 12.7. The summed E-state index contributed by atoms with van der Waals surface area (Å²) in [7, 11) is 0. The van der Waals surface area contributed by atoms with Crippen molar-refractivity contribution in [3.05, 3.63) is 58.7 Å². The molecule has 6 heteroatoms. The molecule has 1 unspecified atom stereocenters. The molecule has 0 saturated carbocycles. The van der Waals surface area contributed by atoms with E-state index in [1.165, 1.54) is 12.1 Å². The number of nitrogens with one attached hydrogen (secondary N) is 1. The number of rotatable bonds is 6. The molecule has 0 bridgehead atoms. The first-order chi connectivity index (χ1) is 11.7. The molecule has 2 aromatic rings. The van der Waals surface area contributed by atoms with Crippen LogP contribution in [0.3, 0.4) is 0 Å². The summed E-state index contributed by atoms with van der Waals surface area (Å²) in [6.07, 6.45) is -5.24. The highest BCUT2D eigenvalue weighted by Crippen LogP contribution is 2.30. The molecule has 0 aliphatic rings. The largest absolute Gasteiger partial charge is 0.490 e. The second-order valence-electron chi connectivity index (χ2n) is 6.15. The van der Waals surface area contributed by atoms with Crippen molar-refractivity contribution in [1.29, 1.82) is 0 Å². The third-order valence-electron chi connectivity index (χ3n) is 3.76. The van der Waals surface area contributed by atoms with Crippen molar-refractivity contribution < 1.29 is 23.0 Å². The predicted molar refractivity (Wildman–Crippen MR) is 92.1 cm³/mol. The maximum atomic E-state index is 12.7. The first kappa shape index (κ1) is 19.1. The van der Waals surface area contributed by atoms with Gasteiger partial charge in [0.2, 0.25) is 0 Å². The van der Waals surface area contributed by atoms with Gasteiger partial charge in [0.15, 0.2) is 0 Å². The Kier molecular flexibility index (Phi) is 5.95. The molecular formula is C19H22F3NO2. The molecule has 0 aromatic heterocycles. The number of ether oxygens (including phenoxy) is 1. The van der Waals surface area contributed by atoms with Gasteiger partial charge in [-0.05, 0) is 50.1 Å². The zero-order valence-electron chi connectivity index (χ0n) is 14.4. The quantitative estimate of drug-likeness (QED) is 0.804. The highest BCUT2D eigenvalue weighted by Gasteiger charge is 2.30. The molecule has 25 heavy (non-hydrogen) atoms. The molecule has 2 rings (SSSR count). The van der Waals surface area contributed by atoms with Crippen molar-refractivity contribution in [2.24, 2.45) is 0 Å². The average Bonchev–Trinajstić information content (AvgIpc) is 2.51. The number of aliphatic hydroxyl groups is 1. The number of hydrogen-bond donors (Lipinski definition) is 2. The summed E-state index contributed by atoms with van der Waals surface area (Å²) < 4.78 is 43.7. The Morgan fingerprint density at radius 2 is 1.72 bits per heavy atom. The van der Waals surface area contributed by atoms with Crippen LogP contribution in [0.2, 0.25) is 0 Å². The molecule has 0 fully saturated rings. The highest BCUT2D eigenvalue weighted by molar-refractivity contribution is 5.46. The Balaban J connectivity index is 1.90. The third kappa shape index (κ3) is 5.39. The first-order valence-corrected chi connectivity index (χ1v) is 7.96. The lowest BCUT2D eigenvalue weighted by Gasteiger charge is -2.17. The fourth-order valence-electron chi connectivity index (χ4n) is 2.67. The van der Waals surface area contributed by atoms with Crippen molar-refractivity contribution in [3.8, 4) is 5.75 Å². The number of benzene rings is 2. The van der Waals surface area contributed by atoms with E-state index in [1.54, 1.807) is 0 Å². The Hall–Kier alpha value is -2.21. The van der Waals surface area contributed by atoms with Crippen molar-refractivity contribution in [1.82, 2.24) is 0 Å². The second-order valence-corrected chi connectivity index (χ2v) is 6.15. The predicted octanol–water partition coefficient (Wildman–Crippen LogP) is 4.48. The molecule has 0 heterocycles. The van der Waals surface area contributed by atoms with Crippen LogP contribution in [0.5, 0.6) is 5.75 Å². The standard InChI is InChI=1S/C19H22F3NO2/c1-12-7-13(2)18(14(3)8-12)25-11-17(24)10-23-16-6-4-5-15(9-16)19(20,21)22/h4-9,17,23-24H,10-11H2,1-3H3. The lowest BCUT2D eigenvalue weighted by atomic mass is 10.1. The van der Waals surface area contributed by atoms with Crippen LogP contribution in [0, 0.1) is 20.8 Å². The Bertz CT molecular complexity index is 706. The van der Waals surface area contributed by atoms with E-state index in [-0.39, 0.29) is 13.2 Å². The number of halogens is 3. The number of alkyl halides is 3. The van der Waals surface area contributed by atoms with E-state index >= 15 is 0 Å². The fourth-order valence-corrected chi connectivity index (χ4v) is 2.67. The number of hydrogen-bond acceptors (Lipinski definition) is 3. The van der Waals surface area contributed by atoms with Crippen molar-refractivity contribution in [2.45, 2.75) is 33.1 Å². The van der Waals surface area contributed by atoms with E-state index in [9.17, 15) is 18.3 Å². The summed E-state index contributed by atoms with van der Waals surface area (Å²) in [5.74, 6) is 0.726. The molecule has 3 nitrogen and oxygen atoms in total. The maximum Gasteiger partial charge on any atom is 0.416 e. The van der Waals surface area contributed by atoms with Crippen LogP contribution in [0.4, 0.5) is 18.9 Å². The minimum atomic E-state index is -4.39. The third-order valence-corrected chi connectivity index (χ3v) is 3.76. The number of aryl methyl sites for hydroxylation is 3. The summed E-state index contributed by atoms with van der Waals surface area (Å²) in [4.78, 5) is 0. The van der Waals surface area contributed by atoms with Gasteiger partial charge in [0.05, 0.1) is 5.56 Å². The van der Waals surface area contributed by atoms with E-state index in [0.29, 0.717) is 5.69 Å². The molecule has 0 amide bonds. The highest BCUT2D eigenvalue weighted by atomic mass is 19.4. The molecule has 0 spiro atoms. The van der Waals surface area contributed by atoms with Gasteiger partial charge in [-0.1, -0.05) is 23.8 Å². The van der Waals surface area contributed by atoms with Crippen LogP contribution < -0.4 is 10.1 Å². The van der Waals surface area contributed by atoms with Crippen molar-refractivity contribution in [3.63, 3.8) is 0 Å². The Morgan fingerprint density at radius 3 is 2.32 bits per heavy atom. The number of aliphatic hydroxyl groups excluding tert-OH is 1. The minimum absolute atomic E-state index is 0.0523. The molecule has 2 aromatic carbocycles. The van der Waals surface area contributed by atoms with Crippen molar-refractivity contribution >= 4 is 5.69 Å². The monoisotopic (exact) mass is 353 g/mol. The first-order valence-electron chi connectivity index (χ1n) is 7.96. The molecule has 2 N–H and O–H groups in total. The van der Waals surface area contributed by atoms with Gasteiger partial charge in [-0.3, -0.25) is 0 Å². The molecule has 1 atom stereocenters. The normalized spacial score (nSPS) is 12.8. The van der Waals surface area contributed by atoms with Gasteiger partial charge in [-0.2, -0.15) is 13.2 Å². The Labute approximate surface area is 145 Å². The van der Waals surface area contributed by atoms with Crippen LogP contribution >= 0.6 is 0 Å². The fraction of sp³-hybridized carbons (Fsp3) is 0.368.